The Hall–Kier alpha value is -2.67. The summed E-state index contributed by atoms with van der Waals surface area (Å²) in [6.45, 7) is 4.73. The van der Waals surface area contributed by atoms with Crippen molar-refractivity contribution in [3.8, 4) is 0 Å². The zero-order valence-electron chi connectivity index (χ0n) is 15.5. The minimum absolute atomic E-state index is 0.00948. The molecule has 2 unspecified atom stereocenters. The molecule has 142 valence electrons. The van der Waals surface area contributed by atoms with E-state index in [-0.39, 0.29) is 30.2 Å². The van der Waals surface area contributed by atoms with Gasteiger partial charge in [-0.3, -0.25) is 14.7 Å². The molecule has 0 radical (unpaired) electrons. The largest absolute Gasteiger partial charge is 0.333 e. The van der Waals surface area contributed by atoms with Crippen LogP contribution >= 0.6 is 0 Å². The van der Waals surface area contributed by atoms with Crippen LogP contribution in [0.1, 0.15) is 30.5 Å². The molecular weight excluding hydrogens is 342 g/mol. The van der Waals surface area contributed by atoms with Crippen LogP contribution < -0.4 is 10.2 Å². The minimum atomic E-state index is -0.303. The average molecular weight is 367 g/mol. The number of nitrogens with zero attached hydrogens (tertiary/aromatic N) is 3. The molecule has 1 aromatic heterocycles. The van der Waals surface area contributed by atoms with Crippen molar-refractivity contribution in [2.24, 2.45) is 5.92 Å². The molecule has 2 aliphatic heterocycles. The van der Waals surface area contributed by atoms with Crippen molar-refractivity contribution in [3.05, 3.63) is 47.8 Å². The van der Waals surface area contributed by atoms with Crippen molar-refractivity contribution in [1.29, 1.82) is 0 Å². The summed E-state index contributed by atoms with van der Waals surface area (Å²) < 4.78 is 0. The number of piperazine rings is 1. The predicted molar refractivity (Wildman–Crippen MR) is 102 cm³/mol. The highest BCUT2D eigenvalue weighted by Gasteiger charge is 2.40. The summed E-state index contributed by atoms with van der Waals surface area (Å²) >= 11 is 0. The minimum Gasteiger partial charge on any atom is -0.333 e. The molecule has 2 amide bonds. The van der Waals surface area contributed by atoms with Crippen LogP contribution in [0.25, 0.3) is 0 Å². The fourth-order valence-electron chi connectivity index (χ4n) is 3.99. The number of aromatic amines is 1. The van der Waals surface area contributed by atoms with Crippen LogP contribution in [0.4, 0.5) is 5.69 Å². The number of hydrogen-bond donors (Lipinski definition) is 2. The van der Waals surface area contributed by atoms with Gasteiger partial charge >= 0.3 is 0 Å². The molecule has 0 aliphatic carbocycles. The number of benzene rings is 1. The Labute approximate surface area is 158 Å². The van der Waals surface area contributed by atoms with E-state index in [0.717, 1.165) is 30.8 Å². The molecule has 0 saturated carbocycles. The molecule has 2 atom stereocenters. The quantitative estimate of drug-likeness (QED) is 0.858. The normalized spacial score (nSPS) is 23.1. The van der Waals surface area contributed by atoms with Gasteiger partial charge in [0.2, 0.25) is 11.8 Å². The molecule has 7 nitrogen and oxygen atoms in total. The highest BCUT2D eigenvalue weighted by atomic mass is 16.2. The highest BCUT2D eigenvalue weighted by Crippen LogP contribution is 2.30. The molecule has 7 heteroatoms. The van der Waals surface area contributed by atoms with E-state index in [9.17, 15) is 9.59 Å². The maximum atomic E-state index is 13.3. The molecule has 2 fully saturated rings. The SMILES string of the molecule is CCc1ccc(C2CNCCN2C(=O)C2CC(=O)N(c3cn[nH]c3)C2)cc1. The van der Waals surface area contributed by atoms with Gasteiger partial charge in [0, 0.05) is 38.8 Å². The van der Waals surface area contributed by atoms with E-state index < -0.39 is 0 Å². The molecule has 27 heavy (non-hydrogen) atoms. The second-order valence-electron chi connectivity index (χ2n) is 7.21. The fourth-order valence-corrected chi connectivity index (χ4v) is 3.99. The number of H-pyrrole nitrogens is 1. The lowest BCUT2D eigenvalue weighted by Gasteiger charge is -2.38. The van der Waals surface area contributed by atoms with Gasteiger partial charge in [-0.05, 0) is 17.5 Å². The summed E-state index contributed by atoms with van der Waals surface area (Å²) in [6.07, 6.45) is 4.57. The van der Waals surface area contributed by atoms with Crippen LogP contribution in [0.2, 0.25) is 0 Å². The van der Waals surface area contributed by atoms with E-state index in [1.54, 1.807) is 17.3 Å². The number of amides is 2. The van der Waals surface area contributed by atoms with Gasteiger partial charge in [0.15, 0.2) is 0 Å². The summed E-state index contributed by atoms with van der Waals surface area (Å²) in [4.78, 5) is 29.3. The van der Waals surface area contributed by atoms with Crippen LogP contribution in [0, 0.1) is 5.92 Å². The lowest BCUT2D eigenvalue weighted by atomic mass is 9.98. The van der Waals surface area contributed by atoms with E-state index in [1.807, 2.05) is 4.90 Å². The zero-order valence-corrected chi connectivity index (χ0v) is 15.5. The first kappa shape index (κ1) is 17.7. The van der Waals surface area contributed by atoms with Crippen LogP contribution in [0.15, 0.2) is 36.7 Å². The van der Waals surface area contributed by atoms with E-state index in [4.69, 9.17) is 0 Å². The molecule has 1 aromatic carbocycles. The lowest BCUT2D eigenvalue weighted by molar-refractivity contribution is -0.139. The maximum absolute atomic E-state index is 13.3. The van der Waals surface area contributed by atoms with Gasteiger partial charge in [-0.25, -0.2) is 0 Å². The number of aryl methyl sites for hydroxylation is 1. The number of hydrogen-bond acceptors (Lipinski definition) is 4. The standard InChI is InChI=1S/C20H25N5O2/c1-2-14-3-5-15(6-4-14)18-12-21-7-8-24(18)20(27)16-9-19(26)25(13-16)17-10-22-23-11-17/h3-6,10-11,16,18,21H,2,7-9,12-13H2,1H3,(H,22,23). The Bertz CT molecular complexity index is 802. The Morgan fingerprint density at radius 1 is 1.30 bits per heavy atom. The highest BCUT2D eigenvalue weighted by molar-refractivity contribution is 6.00. The van der Waals surface area contributed by atoms with Gasteiger partial charge < -0.3 is 15.1 Å². The van der Waals surface area contributed by atoms with Gasteiger partial charge in [-0.1, -0.05) is 31.2 Å². The molecule has 2 aliphatic rings. The lowest BCUT2D eigenvalue weighted by Crippen LogP contribution is -2.50. The topological polar surface area (TPSA) is 81.3 Å². The van der Waals surface area contributed by atoms with E-state index in [2.05, 4.69) is 46.7 Å². The van der Waals surface area contributed by atoms with Crippen molar-refractivity contribution in [3.63, 3.8) is 0 Å². The molecule has 3 heterocycles. The fraction of sp³-hybridized carbons (Fsp3) is 0.450. The molecular formula is C20H25N5O2. The van der Waals surface area contributed by atoms with Crippen LogP contribution in [0.5, 0.6) is 0 Å². The third kappa shape index (κ3) is 3.47. The molecule has 2 aromatic rings. The van der Waals surface area contributed by atoms with Crippen LogP contribution in [-0.2, 0) is 16.0 Å². The molecule has 2 saturated heterocycles. The van der Waals surface area contributed by atoms with Gasteiger partial charge in [-0.2, -0.15) is 5.10 Å². The van der Waals surface area contributed by atoms with Crippen molar-refractivity contribution < 1.29 is 9.59 Å². The third-order valence-electron chi connectivity index (χ3n) is 5.57. The maximum Gasteiger partial charge on any atom is 0.228 e. The second kappa shape index (κ2) is 7.52. The van der Waals surface area contributed by atoms with E-state index >= 15 is 0 Å². The smallest absolute Gasteiger partial charge is 0.228 e. The number of carbonyl (C=O) groups excluding carboxylic acids is 2. The average Bonchev–Trinajstić information content (AvgIpc) is 3.37. The number of nitrogens with one attached hydrogen (secondary N) is 2. The summed E-state index contributed by atoms with van der Waals surface area (Å²) in [6, 6.07) is 8.51. The zero-order chi connectivity index (χ0) is 18.8. The van der Waals surface area contributed by atoms with E-state index in [1.165, 1.54) is 5.56 Å². The molecule has 2 N–H and O–H groups in total. The third-order valence-corrected chi connectivity index (χ3v) is 5.57. The number of anilines is 1. The molecule has 0 spiro atoms. The van der Waals surface area contributed by atoms with Crippen molar-refractivity contribution in [2.45, 2.75) is 25.8 Å². The second-order valence-corrected chi connectivity index (χ2v) is 7.21. The van der Waals surface area contributed by atoms with Crippen molar-refractivity contribution >= 4 is 17.5 Å². The van der Waals surface area contributed by atoms with Gasteiger partial charge in [-0.15, -0.1) is 0 Å². The number of rotatable bonds is 4. The van der Waals surface area contributed by atoms with Crippen molar-refractivity contribution in [2.75, 3.05) is 31.1 Å². The summed E-state index contributed by atoms with van der Waals surface area (Å²) in [5.74, 6) is -0.253. The first-order valence-electron chi connectivity index (χ1n) is 9.56. The first-order chi connectivity index (χ1) is 13.2. The van der Waals surface area contributed by atoms with Gasteiger partial charge in [0.05, 0.1) is 23.8 Å². The Morgan fingerprint density at radius 2 is 2.11 bits per heavy atom. The predicted octanol–water partition coefficient (Wildman–Crippen LogP) is 1.50. The Kier molecular flexibility index (Phi) is 4.94. The number of carbonyl (C=O) groups is 2. The Balaban J connectivity index is 1.51. The van der Waals surface area contributed by atoms with Gasteiger partial charge in [0.25, 0.3) is 0 Å². The summed E-state index contributed by atoms with van der Waals surface area (Å²) in [7, 11) is 0. The molecule has 4 rings (SSSR count). The molecule has 0 bridgehead atoms. The van der Waals surface area contributed by atoms with Gasteiger partial charge in [0.1, 0.15) is 0 Å². The summed E-state index contributed by atoms with van der Waals surface area (Å²) in [5.41, 5.74) is 3.16. The van der Waals surface area contributed by atoms with Crippen molar-refractivity contribution in [1.82, 2.24) is 20.4 Å². The van der Waals surface area contributed by atoms with E-state index in [0.29, 0.717) is 13.1 Å². The summed E-state index contributed by atoms with van der Waals surface area (Å²) in [5, 5.41) is 10.0. The van der Waals surface area contributed by atoms with Crippen LogP contribution in [-0.4, -0.2) is 53.1 Å². The Morgan fingerprint density at radius 3 is 2.81 bits per heavy atom. The number of aromatic nitrogens is 2. The first-order valence-corrected chi connectivity index (χ1v) is 9.56. The van der Waals surface area contributed by atoms with Crippen LogP contribution in [0.3, 0.4) is 0 Å². The monoisotopic (exact) mass is 367 g/mol.